The van der Waals surface area contributed by atoms with Gasteiger partial charge in [-0.05, 0) is 6.92 Å². The molecule has 2 saturated heterocycles. The Balaban J connectivity index is 1.88. The standard InChI is InChI=1S/C17H34BNO7/c1-10-14(21-4)16(23-6)13(25-10)9-24-19(2)7-11-12(8-20-3)26-17(18)15(11)22-5/h10-17H,7-9,18H2,1-6H3/t10-,11+,12+,13?,14-,15+,16+,17+/m0/s1. The predicted octanol–water partition coefficient (Wildman–Crippen LogP) is -0.697. The van der Waals surface area contributed by atoms with Crippen molar-refractivity contribution in [2.45, 2.75) is 49.6 Å². The van der Waals surface area contributed by atoms with E-state index in [0.29, 0.717) is 19.8 Å². The number of rotatable bonds is 10. The molecule has 0 saturated carbocycles. The smallest absolute Gasteiger partial charge is 0.142 e. The summed E-state index contributed by atoms with van der Waals surface area (Å²) in [5.74, 6) is 0.160. The van der Waals surface area contributed by atoms with Crippen LogP contribution in [0.15, 0.2) is 0 Å². The highest BCUT2D eigenvalue weighted by molar-refractivity contribution is 6.11. The molecule has 8 atom stereocenters. The molecule has 0 bridgehead atoms. The van der Waals surface area contributed by atoms with Crippen molar-refractivity contribution >= 4 is 7.85 Å². The highest BCUT2D eigenvalue weighted by atomic mass is 16.7. The Labute approximate surface area is 157 Å². The molecule has 9 heteroatoms. The van der Waals surface area contributed by atoms with Gasteiger partial charge in [0.2, 0.25) is 0 Å². The molecule has 152 valence electrons. The average Bonchev–Trinajstić information content (AvgIpc) is 3.08. The Hall–Kier alpha value is -0.255. The van der Waals surface area contributed by atoms with Gasteiger partial charge in [0.15, 0.2) is 0 Å². The van der Waals surface area contributed by atoms with Gasteiger partial charge in [0.05, 0.1) is 37.5 Å². The monoisotopic (exact) mass is 375 g/mol. The van der Waals surface area contributed by atoms with E-state index in [-0.39, 0.29) is 48.5 Å². The van der Waals surface area contributed by atoms with Crippen molar-refractivity contribution in [2.24, 2.45) is 5.92 Å². The zero-order chi connectivity index (χ0) is 19.3. The summed E-state index contributed by atoms with van der Waals surface area (Å²) >= 11 is 0. The van der Waals surface area contributed by atoms with Crippen LogP contribution in [0.5, 0.6) is 0 Å². The summed E-state index contributed by atoms with van der Waals surface area (Å²) in [6.07, 6.45) is -0.448. The maximum atomic E-state index is 5.98. The minimum Gasteiger partial charge on any atom is -0.382 e. The Morgan fingerprint density at radius 1 is 0.885 bits per heavy atom. The quantitative estimate of drug-likeness (QED) is 0.367. The van der Waals surface area contributed by atoms with E-state index in [9.17, 15) is 0 Å². The Morgan fingerprint density at radius 3 is 2.12 bits per heavy atom. The van der Waals surface area contributed by atoms with Crippen molar-refractivity contribution in [3.05, 3.63) is 0 Å². The fourth-order valence-electron chi connectivity index (χ4n) is 4.13. The lowest BCUT2D eigenvalue weighted by atomic mass is 9.87. The first-order valence-corrected chi connectivity index (χ1v) is 9.19. The van der Waals surface area contributed by atoms with Gasteiger partial charge < -0.3 is 28.4 Å². The van der Waals surface area contributed by atoms with Crippen LogP contribution in [0.3, 0.4) is 0 Å². The van der Waals surface area contributed by atoms with Gasteiger partial charge >= 0.3 is 0 Å². The van der Waals surface area contributed by atoms with E-state index in [2.05, 4.69) is 0 Å². The summed E-state index contributed by atoms with van der Waals surface area (Å²) in [5.41, 5.74) is 0. The van der Waals surface area contributed by atoms with Gasteiger partial charge in [0.25, 0.3) is 0 Å². The zero-order valence-electron chi connectivity index (χ0n) is 17.0. The zero-order valence-corrected chi connectivity index (χ0v) is 17.0. The van der Waals surface area contributed by atoms with E-state index >= 15 is 0 Å². The third-order valence-electron chi connectivity index (χ3n) is 5.37. The van der Waals surface area contributed by atoms with Gasteiger partial charge in [0.1, 0.15) is 26.2 Å². The molecule has 8 nitrogen and oxygen atoms in total. The van der Waals surface area contributed by atoms with Gasteiger partial charge in [-0.25, -0.2) is 0 Å². The van der Waals surface area contributed by atoms with Crippen molar-refractivity contribution in [2.75, 3.05) is 55.2 Å². The van der Waals surface area contributed by atoms with E-state index in [0.717, 1.165) is 0 Å². The molecule has 2 aliphatic rings. The van der Waals surface area contributed by atoms with Gasteiger partial charge in [-0.2, -0.15) is 5.06 Å². The van der Waals surface area contributed by atoms with Crippen LogP contribution in [0.25, 0.3) is 0 Å². The van der Waals surface area contributed by atoms with Crippen molar-refractivity contribution in [3.8, 4) is 0 Å². The molecular weight excluding hydrogens is 341 g/mol. The molecular formula is C17H34BNO7. The van der Waals surface area contributed by atoms with Crippen molar-refractivity contribution in [3.63, 3.8) is 0 Å². The maximum Gasteiger partial charge on any atom is 0.142 e. The minimum atomic E-state index is -0.172. The van der Waals surface area contributed by atoms with Crippen molar-refractivity contribution in [1.29, 1.82) is 0 Å². The SMILES string of the molecule is B[C@@H]1O[C@H](COC)[C@@H](CN(C)OCC2O[C@@H](C)[C@H](OC)[C@@H]2OC)[C@H]1OC. The lowest BCUT2D eigenvalue weighted by molar-refractivity contribution is -0.188. The van der Waals surface area contributed by atoms with Crippen molar-refractivity contribution < 1.29 is 33.3 Å². The van der Waals surface area contributed by atoms with E-state index < -0.39 is 0 Å². The molecule has 0 radical (unpaired) electrons. The summed E-state index contributed by atoms with van der Waals surface area (Å²) in [5, 5.41) is 1.82. The number of ether oxygens (including phenoxy) is 6. The molecule has 2 heterocycles. The first-order chi connectivity index (χ1) is 12.5. The fraction of sp³-hybridized carbons (Fsp3) is 1.00. The van der Waals surface area contributed by atoms with E-state index in [1.807, 2.05) is 26.9 Å². The lowest BCUT2D eigenvalue weighted by Gasteiger charge is -2.28. The van der Waals surface area contributed by atoms with Crippen LogP contribution < -0.4 is 0 Å². The van der Waals surface area contributed by atoms with Crippen LogP contribution in [0.2, 0.25) is 0 Å². The molecule has 0 N–H and O–H groups in total. The summed E-state index contributed by atoms with van der Waals surface area (Å²) in [6.45, 7) is 3.59. The highest BCUT2D eigenvalue weighted by Crippen LogP contribution is 2.29. The van der Waals surface area contributed by atoms with E-state index in [4.69, 9.17) is 33.3 Å². The van der Waals surface area contributed by atoms with Gasteiger partial charge in [-0.15, -0.1) is 0 Å². The Kier molecular flexibility index (Phi) is 8.76. The molecule has 0 aliphatic carbocycles. The van der Waals surface area contributed by atoms with E-state index in [1.54, 1.807) is 28.4 Å². The number of hydroxylamine groups is 2. The summed E-state index contributed by atoms with van der Waals surface area (Å²) in [6, 6.07) is 0.0258. The number of methoxy groups -OCH3 is 4. The third kappa shape index (κ3) is 4.96. The van der Waals surface area contributed by atoms with Crippen LogP contribution in [-0.2, 0) is 33.3 Å². The Morgan fingerprint density at radius 2 is 1.54 bits per heavy atom. The molecule has 2 rings (SSSR count). The Bertz CT molecular complexity index is 419. The molecule has 0 aromatic heterocycles. The van der Waals surface area contributed by atoms with Crippen LogP contribution >= 0.6 is 0 Å². The second kappa shape index (κ2) is 10.3. The fourth-order valence-corrected chi connectivity index (χ4v) is 4.13. The maximum absolute atomic E-state index is 5.98. The molecule has 0 spiro atoms. The molecule has 2 aliphatic heterocycles. The van der Waals surface area contributed by atoms with Crippen LogP contribution in [-0.4, -0.2) is 111 Å². The molecule has 1 unspecified atom stereocenters. The first-order valence-electron chi connectivity index (χ1n) is 9.19. The topological polar surface area (TPSA) is 67.9 Å². The number of nitrogens with zero attached hydrogens (tertiary/aromatic N) is 1. The first kappa shape index (κ1) is 22.0. The summed E-state index contributed by atoms with van der Waals surface area (Å²) in [7, 11) is 10.7. The number of hydrogen-bond donors (Lipinski definition) is 0. The molecule has 2 fully saturated rings. The third-order valence-corrected chi connectivity index (χ3v) is 5.37. The normalized spacial score (nSPS) is 40.6. The average molecular weight is 375 g/mol. The van der Waals surface area contributed by atoms with E-state index in [1.165, 1.54) is 0 Å². The molecule has 0 aromatic rings. The summed E-state index contributed by atoms with van der Waals surface area (Å²) in [4.78, 5) is 5.94. The lowest BCUT2D eigenvalue weighted by Crippen LogP contribution is -2.42. The van der Waals surface area contributed by atoms with Crippen LogP contribution in [0.4, 0.5) is 0 Å². The van der Waals surface area contributed by atoms with Crippen molar-refractivity contribution in [1.82, 2.24) is 5.06 Å². The number of hydrogen-bond acceptors (Lipinski definition) is 8. The summed E-state index contributed by atoms with van der Waals surface area (Å²) < 4.78 is 33.9. The van der Waals surface area contributed by atoms with Gasteiger partial charge in [-0.3, -0.25) is 4.84 Å². The molecule has 0 aromatic carbocycles. The second-order valence-corrected chi connectivity index (χ2v) is 7.09. The second-order valence-electron chi connectivity index (χ2n) is 7.09. The minimum absolute atomic E-state index is 0.00791. The largest absolute Gasteiger partial charge is 0.382 e. The predicted molar refractivity (Wildman–Crippen MR) is 97.9 cm³/mol. The molecule has 26 heavy (non-hydrogen) atoms. The van der Waals surface area contributed by atoms with Gasteiger partial charge in [-0.1, -0.05) is 0 Å². The highest BCUT2D eigenvalue weighted by Gasteiger charge is 2.45. The molecule has 0 amide bonds. The van der Waals surface area contributed by atoms with Crippen LogP contribution in [0, 0.1) is 5.92 Å². The van der Waals surface area contributed by atoms with Gasteiger partial charge in [0, 0.05) is 47.9 Å². The van der Waals surface area contributed by atoms with Crippen LogP contribution in [0.1, 0.15) is 6.92 Å².